The number of likely N-dealkylation sites (N-methyl/N-ethyl adjacent to an activating group) is 1. The maximum absolute atomic E-state index is 13.7. The van der Waals surface area contributed by atoms with Gasteiger partial charge in [0.25, 0.3) is 10.0 Å². The number of carbonyl (C=O) groups is 1. The van der Waals surface area contributed by atoms with Gasteiger partial charge >= 0.3 is 6.18 Å². The highest BCUT2D eigenvalue weighted by Crippen LogP contribution is 2.35. The lowest BCUT2D eigenvalue weighted by molar-refractivity contribution is -0.137. The number of amides is 1. The van der Waals surface area contributed by atoms with E-state index < -0.39 is 34.2 Å². The Morgan fingerprint density at radius 3 is 2.16 bits per heavy atom. The topological polar surface area (TPSA) is 76.2 Å². The summed E-state index contributed by atoms with van der Waals surface area (Å²) in [6, 6.07) is 15.1. The van der Waals surface area contributed by atoms with Crippen LogP contribution in [0.1, 0.15) is 16.7 Å². The van der Waals surface area contributed by atoms with Gasteiger partial charge < -0.3 is 14.4 Å². The van der Waals surface area contributed by atoms with E-state index in [1.807, 2.05) is 31.2 Å². The molecule has 0 aliphatic rings. The molecule has 0 saturated heterocycles. The predicted octanol–water partition coefficient (Wildman–Crippen LogP) is 4.88. The van der Waals surface area contributed by atoms with E-state index in [2.05, 4.69) is 0 Å². The first kappa shape index (κ1) is 27.9. The molecule has 198 valence electrons. The van der Waals surface area contributed by atoms with Crippen molar-refractivity contribution in [3.8, 4) is 11.5 Å². The smallest absolute Gasteiger partial charge is 0.416 e. The number of methoxy groups -OCH3 is 2. The molecule has 0 unspecified atom stereocenters. The Kier molecular flexibility index (Phi) is 8.37. The van der Waals surface area contributed by atoms with E-state index >= 15 is 0 Å². The van der Waals surface area contributed by atoms with Crippen LogP contribution in [0.3, 0.4) is 0 Å². The molecule has 0 fully saturated rings. The van der Waals surface area contributed by atoms with Gasteiger partial charge in [-0.2, -0.15) is 13.2 Å². The molecule has 3 rings (SSSR count). The average molecular weight is 537 g/mol. The maximum Gasteiger partial charge on any atom is 0.416 e. The normalized spacial score (nSPS) is 11.6. The standard InChI is InChI=1S/C26H27F3N2O5S/c1-18-8-10-19(11-9-18)16-30(2)25(32)17-31(21-7-5-6-20(14-21)26(27,28)29)37(33,34)22-12-13-23(35-3)24(15-22)36-4/h5-15H,16-17H2,1-4H3. The molecule has 0 N–H and O–H groups in total. The van der Waals surface area contributed by atoms with Crippen molar-refractivity contribution in [1.82, 2.24) is 4.90 Å². The van der Waals surface area contributed by atoms with Crippen molar-refractivity contribution >= 4 is 21.6 Å². The molecular formula is C26H27F3N2O5S. The second-order valence-corrected chi connectivity index (χ2v) is 10.2. The van der Waals surface area contributed by atoms with Crippen molar-refractivity contribution in [1.29, 1.82) is 0 Å². The van der Waals surface area contributed by atoms with Gasteiger partial charge in [-0.15, -0.1) is 0 Å². The van der Waals surface area contributed by atoms with Gasteiger partial charge in [0.1, 0.15) is 6.54 Å². The first-order valence-corrected chi connectivity index (χ1v) is 12.5. The molecule has 3 aromatic carbocycles. The van der Waals surface area contributed by atoms with E-state index in [1.165, 1.54) is 50.4 Å². The third-order valence-corrected chi connectivity index (χ3v) is 7.42. The summed E-state index contributed by atoms with van der Waals surface area (Å²) in [5, 5.41) is 0. The molecule has 0 spiro atoms. The summed E-state index contributed by atoms with van der Waals surface area (Å²) in [4.78, 5) is 14.2. The summed E-state index contributed by atoms with van der Waals surface area (Å²) in [7, 11) is -0.302. The molecule has 7 nitrogen and oxygen atoms in total. The van der Waals surface area contributed by atoms with E-state index in [0.717, 1.165) is 23.3 Å². The predicted molar refractivity (Wildman–Crippen MR) is 133 cm³/mol. The molecule has 37 heavy (non-hydrogen) atoms. The Balaban J connectivity index is 2.02. The molecule has 0 aliphatic heterocycles. The third kappa shape index (κ3) is 6.53. The summed E-state index contributed by atoms with van der Waals surface area (Å²) >= 11 is 0. The summed E-state index contributed by atoms with van der Waals surface area (Å²) in [5.74, 6) is -0.238. The zero-order chi connectivity index (χ0) is 27.4. The van der Waals surface area contributed by atoms with Crippen molar-refractivity contribution < 1.29 is 35.9 Å². The van der Waals surface area contributed by atoms with Crippen LogP contribution in [0, 0.1) is 6.92 Å². The van der Waals surface area contributed by atoms with Gasteiger partial charge in [0.15, 0.2) is 11.5 Å². The number of hydrogen-bond acceptors (Lipinski definition) is 5. The number of nitrogens with zero attached hydrogens (tertiary/aromatic N) is 2. The van der Waals surface area contributed by atoms with Crippen LogP contribution in [0.5, 0.6) is 11.5 Å². The minimum atomic E-state index is -4.71. The average Bonchev–Trinajstić information content (AvgIpc) is 2.87. The maximum atomic E-state index is 13.7. The van der Waals surface area contributed by atoms with Crippen molar-refractivity contribution in [2.45, 2.75) is 24.5 Å². The fourth-order valence-corrected chi connectivity index (χ4v) is 4.98. The summed E-state index contributed by atoms with van der Waals surface area (Å²) in [6.07, 6.45) is -4.71. The van der Waals surface area contributed by atoms with E-state index in [0.29, 0.717) is 10.4 Å². The SMILES string of the molecule is COc1ccc(S(=O)(=O)N(CC(=O)N(C)Cc2ccc(C)cc2)c2cccc(C(F)(F)F)c2)cc1OC. The zero-order valence-corrected chi connectivity index (χ0v) is 21.6. The quantitative estimate of drug-likeness (QED) is 0.390. The number of rotatable bonds is 9. The molecule has 0 bridgehead atoms. The van der Waals surface area contributed by atoms with Crippen LogP contribution in [-0.4, -0.2) is 47.0 Å². The minimum absolute atomic E-state index is 0.107. The Morgan fingerprint density at radius 1 is 0.919 bits per heavy atom. The summed E-state index contributed by atoms with van der Waals surface area (Å²) < 4.78 is 78.6. The van der Waals surface area contributed by atoms with Crippen LogP contribution >= 0.6 is 0 Å². The van der Waals surface area contributed by atoms with Gasteiger partial charge in [-0.3, -0.25) is 9.10 Å². The van der Waals surface area contributed by atoms with Crippen LogP contribution in [0.15, 0.2) is 71.6 Å². The van der Waals surface area contributed by atoms with Gasteiger partial charge in [-0.05, 0) is 42.8 Å². The lowest BCUT2D eigenvalue weighted by Crippen LogP contribution is -2.41. The van der Waals surface area contributed by atoms with E-state index in [-0.39, 0.29) is 28.6 Å². The van der Waals surface area contributed by atoms with Gasteiger partial charge in [-0.1, -0.05) is 35.9 Å². The van der Waals surface area contributed by atoms with Gasteiger partial charge in [0.2, 0.25) is 5.91 Å². The Labute approximate surface area is 214 Å². The number of halogens is 3. The minimum Gasteiger partial charge on any atom is -0.493 e. The summed E-state index contributed by atoms with van der Waals surface area (Å²) in [5.41, 5.74) is 0.504. The van der Waals surface area contributed by atoms with Gasteiger partial charge in [0, 0.05) is 19.7 Å². The molecule has 1 amide bonds. The lowest BCUT2D eigenvalue weighted by Gasteiger charge is -2.27. The number of alkyl halides is 3. The van der Waals surface area contributed by atoms with Crippen molar-refractivity contribution in [2.24, 2.45) is 0 Å². The molecule has 0 atom stereocenters. The molecular weight excluding hydrogens is 509 g/mol. The van der Waals surface area contributed by atoms with Gasteiger partial charge in [0.05, 0.1) is 30.4 Å². The molecule has 0 aliphatic carbocycles. The van der Waals surface area contributed by atoms with Crippen LogP contribution in [-0.2, 0) is 27.5 Å². The zero-order valence-electron chi connectivity index (χ0n) is 20.7. The number of ether oxygens (including phenoxy) is 2. The molecule has 0 radical (unpaired) electrons. The van der Waals surface area contributed by atoms with Crippen molar-refractivity contribution in [3.63, 3.8) is 0 Å². The van der Waals surface area contributed by atoms with Crippen LogP contribution < -0.4 is 13.8 Å². The molecule has 3 aromatic rings. The Hall–Kier alpha value is -3.73. The third-order valence-electron chi connectivity index (χ3n) is 5.65. The second-order valence-electron chi connectivity index (χ2n) is 8.31. The summed E-state index contributed by atoms with van der Waals surface area (Å²) in [6.45, 7) is 1.39. The van der Waals surface area contributed by atoms with Crippen LogP contribution in [0.2, 0.25) is 0 Å². The molecule has 0 heterocycles. The van der Waals surface area contributed by atoms with Crippen LogP contribution in [0.4, 0.5) is 18.9 Å². The fourth-order valence-electron chi connectivity index (χ4n) is 3.56. The van der Waals surface area contributed by atoms with Crippen molar-refractivity contribution in [2.75, 3.05) is 32.1 Å². The first-order valence-electron chi connectivity index (χ1n) is 11.1. The number of carbonyl (C=O) groups excluding carboxylic acids is 1. The molecule has 11 heteroatoms. The van der Waals surface area contributed by atoms with E-state index in [4.69, 9.17) is 9.47 Å². The highest BCUT2D eigenvalue weighted by Gasteiger charge is 2.34. The van der Waals surface area contributed by atoms with E-state index in [9.17, 15) is 26.4 Å². The number of aryl methyl sites for hydroxylation is 1. The monoisotopic (exact) mass is 536 g/mol. The lowest BCUT2D eigenvalue weighted by atomic mass is 10.1. The van der Waals surface area contributed by atoms with Gasteiger partial charge in [-0.25, -0.2) is 8.42 Å². The highest BCUT2D eigenvalue weighted by atomic mass is 32.2. The number of anilines is 1. The first-order chi connectivity index (χ1) is 17.4. The van der Waals surface area contributed by atoms with Crippen molar-refractivity contribution in [3.05, 3.63) is 83.4 Å². The fraction of sp³-hybridized carbons (Fsp3) is 0.269. The number of sulfonamides is 1. The molecule has 0 aromatic heterocycles. The number of hydrogen-bond donors (Lipinski definition) is 0. The largest absolute Gasteiger partial charge is 0.493 e. The van der Waals surface area contributed by atoms with Crippen LogP contribution in [0.25, 0.3) is 0 Å². The van der Waals surface area contributed by atoms with E-state index in [1.54, 1.807) is 0 Å². The molecule has 0 saturated carbocycles. The number of benzene rings is 3. The Morgan fingerprint density at radius 2 is 1.57 bits per heavy atom. The Bertz CT molecular complexity index is 1360. The second kappa shape index (κ2) is 11.1. The highest BCUT2D eigenvalue weighted by molar-refractivity contribution is 7.92.